The maximum Gasteiger partial charge on any atom is 0.270 e. The fraction of sp³-hybridized carbons (Fsp3) is 0.524. The van der Waals surface area contributed by atoms with Gasteiger partial charge >= 0.3 is 0 Å². The van der Waals surface area contributed by atoms with E-state index in [4.69, 9.17) is 0 Å². The lowest BCUT2D eigenvalue weighted by Crippen LogP contribution is -2.42. The van der Waals surface area contributed by atoms with Crippen LogP contribution in [-0.2, 0) is 0 Å². The molecule has 1 N–H and O–H groups in total. The first-order chi connectivity index (χ1) is 13.7. The van der Waals surface area contributed by atoms with Gasteiger partial charge in [0.2, 0.25) is 0 Å². The second-order valence-corrected chi connectivity index (χ2v) is 8.29. The minimum absolute atomic E-state index is 0.0106. The van der Waals surface area contributed by atoms with Crippen molar-refractivity contribution >= 4 is 22.7 Å². The SMILES string of the molecule is CN(C)[C@H]1CCN(C(=O)c2ccc3[nH]c(C(=O)N4CCC(F)(F)CC4)cc3c2)C1. The number of likely N-dealkylation sites (tertiary alicyclic amines) is 2. The summed E-state index contributed by atoms with van der Waals surface area (Å²) in [6.45, 7) is 1.54. The van der Waals surface area contributed by atoms with Crippen molar-refractivity contribution in [2.24, 2.45) is 0 Å². The molecule has 2 aliphatic rings. The summed E-state index contributed by atoms with van der Waals surface area (Å²) in [7, 11) is 4.04. The van der Waals surface area contributed by atoms with Gasteiger partial charge in [-0.15, -0.1) is 0 Å². The van der Waals surface area contributed by atoms with Crippen molar-refractivity contribution in [1.82, 2.24) is 19.7 Å². The summed E-state index contributed by atoms with van der Waals surface area (Å²) >= 11 is 0. The summed E-state index contributed by atoms with van der Waals surface area (Å²) in [4.78, 5) is 34.1. The Kier molecular flexibility index (Phi) is 5.06. The molecule has 2 fully saturated rings. The molecule has 1 aromatic carbocycles. The Morgan fingerprint density at radius 1 is 1.07 bits per heavy atom. The lowest BCUT2D eigenvalue weighted by atomic mass is 10.1. The van der Waals surface area contributed by atoms with Gasteiger partial charge < -0.3 is 19.7 Å². The van der Waals surface area contributed by atoms with E-state index in [0.717, 1.165) is 23.9 Å². The van der Waals surface area contributed by atoms with E-state index in [2.05, 4.69) is 9.88 Å². The van der Waals surface area contributed by atoms with Gasteiger partial charge in [-0.2, -0.15) is 0 Å². The number of aromatic nitrogens is 1. The number of piperidine rings is 1. The van der Waals surface area contributed by atoms with Crippen LogP contribution < -0.4 is 0 Å². The van der Waals surface area contributed by atoms with Crippen LogP contribution >= 0.6 is 0 Å². The molecule has 6 nitrogen and oxygen atoms in total. The average Bonchev–Trinajstić information content (AvgIpc) is 3.33. The number of carbonyl (C=O) groups is 2. The monoisotopic (exact) mass is 404 g/mol. The Hall–Kier alpha value is -2.48. The minimum Gasteiger partial charge on any atom is -0.351 e. The first-order valence-electron chi connectivity index (χ1n) is 9.99. The zero-order chi connectivity index (χ0) is 20.8. The molecule has 0 saturated carbocycles. The van der Waals surface area contributed by atoms with Gasteiger partial charge in [0.1, 0.15) is 5.69 Å². The molecule has 0 aliphatic carbocycles. The van der Waals surface area contributed by atoms with Gasteiger partial charge in [0.05, 0.1) is 0 Å². The molecule has 0 unspecified atom stereocenters. The third-order valence-corrected chi connectivity index (χ3v) is 6.06. The van der Waals surface area contributed by atoms with E-state index in [-0.39, 0.29) is 37.7 Å². The van der Waals surface area contributed by atoms with Crippen LogP contribution in [0.2, 0.25) is 0 Å². The molecule has 29 heavy (non-hydrogen) atoms. The summed E-state index contributed by atoms with van der Waals surface area (Å²) in [5.41, 5.74) is 1.70. The molecule has 4 rings (SSSR count). The lowest BCUT2D eigenvalue weighted by molar-refractivity contribution is -0.0495. The fourth-order valence-electron chi connectivity index (χ4n) is 4.12. The quantitative estimate of drug-likeness (QED) is 0.856. The Balaban J connectivity index is 1.49. The van der Waals surface area contributed by atoms with Crippen molar-refractivity contribution in [2.45, 2.75) is 31.2 Å². The molecule has 2 aromatic rings. The van der Waals surface area contributed by atoms with Gasteiger partial charge in [-0.3, -0.25) is 9.59 Å². The molecule has 2 aliphatic heterocycles. The number of carbonyl (C=O) groups excluding carboxylic acids is 2. The number of benzene rings is 1. The Labute approximate surface area is 168 Å². The van der Waals surface area contributed by atoms with Gasteiger partial charge in [0.15, 0.2) is 0 Å². The number of hydrogen-bond acceptors (Lipinski definition) is 3. The van der Waals surface area contributed by atoms with Crippen LogP contribution in [0.15, 0.2) is 24.3 Å². The number of halogens is 2. The van der Waals surface area contributed by atoms with Crippen molar-refractivity contribution in [1.29, 1.82) is 0 Å². The molecular formula is C21H26F2N4O2. The van der Waals surface area contributed by atoms with Gasteiger partial charge in [0.25, 0.3) is 17.7 Å². The number of fused-ring (bicyclic) bond motifs is 1. The number of rotatable bonds is 3. The summed E-state index contributed by atoms with van der Waals surface area (Å²) in [5.74, 6) is -2.98. The van der Waals surface area contributed by atoms with Gasteiger partial charge in [-0.25, -0.2) is 8.78 Å². The number of nitrogens with zero attached hydrogens (tertiary/aromatic N) is 3. The first kappa shape index (κ1) is 19.8. The van der Waals surface area contributed by atoms with Crippen molar-refractivity contribution in [3.05, 3.63) is 35.5 Å². The van der Waals surface area contributed by atoms with E-state index in [1.54, 1.807) is 24.3 Å². The van der Waals surface area contributed by atoms with Crippen LogP contribution in [0.1, 0.15) is 40.1 Å². The maximum absolute atomic E-state index is 13.3. The highest BCUT2D eigenvalue weighted by molar-refractivity contribution is 6.01. The van der Waals surface area contributed by atoms with Crippen LogP contribution in [0, 0.1) is 0 Å². The molecule has 0 spiro atoms. The molecule has 8 heteroatoms. The van der Waals surface area contributed by atoms with Crippen LogP contribution in [0.25, 0.3) is 10.9 Å². The molecule has 2 amide bonds. The predicted molar refractivity (Wildman–Crippen MR) is 106 cm³/mol. The molecule has 1 atom stereocenters. The van der Waals surface area contributed by atoms with Crippen LogP contribution in [0.3, 0.4) is 0 Å². The standard InChI is InChI=1S/C21H26F2N4O2/c1-25(2)16-5-8-27(13-16)19(28)14-3-4-17-15(11-14)12-18(24-17)20(29)26-9-6-21(22,23)7-10-26/h3-4,11-12,16,24H,5-10,13H2,1-2H3/t16-/m0/s1. The van der Waals surface area contributed by atoms with Crippen molar-refractivity contribution in [2.75, 3.05) is 40.3 Å². The van der Waals surface area contributed by atoms with E-state index in [0.29, 0.717) is 23.8 Å². The van der Waals surface area contributed by atoms with Gasteiger partial charge in [-0.1, -0.05) is 0 Å². The van der Waals surface area contributed by atoms with E-state index in [1.807, 2.05) is 19.0 Å². The second kappa shape index (κ2) is 7.40. The van der Waals surface area contributed by atoms with E-state index >= 15 is 0 Å². The van der Waals surface area contributed by atoms with Gasteiger partial charge in [-0.05, 0) is 44.8 Å². The third kappa shape index (κ3) is 3.99. The number of likely N-dealkylation sites (N-methyl/N-ethyl adjacent to an activating group) is 1. The molecule has 2 saturated heterocycles. The van der Waals surface area contributed by atoms with E-state index in [9.17, 15) is 18.4 Å². The largest absolute Gasteiger partial charge is 0.351 e. The molecular weight excluding hydrogens is 378 g/mol. The van der Waals surface area contributed by atoms with E-state index in [1.165, 1.54) is 4.90 Å². The number of hydrogen-bond donors (Lipinski definition) is 1. The van der Waals surface area contributed by atoms with E-state index < -0.39 is 5.92 Å². The molecule has 0 bridgehead atoms. The third-order valence-electron chi connectivity index (χ3n) is 6.06. The zero-order valence-corrected chi connectivity index (χ0v) is 16.8. The van der Waals surface area contributed by atoms with Gasteiger partial charge in [0, 0.05) is 61.5 Å². The Morgan fingerprint density at radius 2 is 1.79 bits per heavy atom. The highest BCUT2D eigenvalue weighted by Gasteiger charge is 2.36. The Morgan fingerprint density at radius 3 is 2.45 bits per heavy atom. The smallest absolute Gasteiger partial charge is 0.270 e. The zero-order valence-electron chi connectivity index (χ0n) is 16.8. The van der Waals surface area contributed by atoms with Crippen LogP contribution in [0.5, 0.6) is 0 Å². The molecule has 3 heterocycles. The Bertz CT molecular complexity index is 918. The van der Waals surface area contributed by atoms with Crippen molar-refractivity contribution < 1.29 is 18.4 Å². The molecule has 156 valence electrons. The summed E-state index contributed by atoms with van der Waals surface area (Å²) in [6, 6.07) is 7.42. The average molecular weight is 404 g/mol. The minimum atomic E-state index is -2.69. The maximum atomic E-state index is 13.3. The molecule has 1 aromatic heterocycles. The molecule has 0 radical (unpaired) electrons. The highest BCUT2D eigenvalue weighted by atomic mass is 19.3. The number of aromatic amines is 1. The fourth-order valence-corrected chi connectivity index (χ4v) is 4.12. The number of H-pyrrole nitrogens is 1. The summed E-state index contributed by atoms with van der Waals surface area (Å²) < 4.78 is 26.7. The topological polar surface area (TPSA) is 59.7 Å². The number of amides is 2. The predicted octanol–water partition coefficient (Wildman–Crippen LogP) is 2.82. The summed E-state index contributed by atoms with van der Waals surface area (Å²) in [6.07, 6.45) is 0.349. The first-order valence-corrected chi connectivity index (χ1v) is 9.99. The lowest BCUT2D eigenvalue weighted by Gasteiger charge is -2.31. The highest BCUT2D eigenvalue weighted by Crippen LogP contribution is 2.29. The second-order valence-electron chi connectivity index (χ2n) is 8.29. The summed E-state index contributed by atoms with van der Waals surface area (Å²) in [5, 5.41) is 0.768. The normalized spacial score (nSPS) is 21.9. The number of alkyl halides is 2. The van der Waals surface area contributed by atoms with Crippen LogP contribution in [0.4, 0.5) is 8.78 Å². The van der Waals surface area contributed by atoms with Crippen molar-refractivity contribution in [3.8, 4) is 0 Å². The number of nitrogens with one attached hydrogen (secondary N) is 1. The van der Waals surface area contributed by atoms with Crippen LogP contribution in [-0.4, -0.2) is 83.7 Å². The van der Waals surface area contributed by atoms with Crippen molar-refractivity contribution in [3.63, 3.8) is 0 Å².